The van der Waals surface area contributed by atoms with Crippen LogP contribution in [0, 0.1) is 11.6 Å². The molecule has 0 bridgehead atoms. The summed E-state index contributed by atoms with van der Waals surface area (Å²) in [5, 5.41) is 0. The summed E-state index contributed by atoms with van der Waals surface area (Å²) in [4.78, 5) is 11.6. The van der Waals surface area contributed by atoms with Crippen LogP contribution in [0.4, 0.5) is 14.5 Å². The number of esters is 1. The second-order valence-electron chi connectivity index (χ2n) is 4.15. The number of halogens is 2. The lowest BCUT2D eigenvalue weighted by Crippen LogP contribution is -2.05. The van der Waals surface area contributed by atoms with Crippen molar-refractivity contribution < 1.29 is 23.0 Å². The van der Waals surface area contributed by atoms with E-state index in [4.69, 9.17) is 15.2 Å². The van der Waals surface area contributed by atoms with Crippen LogP contribution < -0.4 is 10.5 Å². The molecule has 0 spiro atoms. The van der Waals surface area contributed by atoms with Gasteiger partial charge in [0.25, 0.3) is 0 Å². The average molecular weight is 293 g/mol. The lowest BCUT2D eigenvalue weighted by atomic mass is 10.2. The molecule has 0 aromatic heterocycles. The molecule has 4 nitrogen and oxygen atoms in total. The smallest absolute Gasteiger partial charge is 0.338 e. The highest BCUT2D eigenvalue weighted by Gasteiger charge is 2.13. The Morgan fingerprint density at radius 3 is 2.62 bits per heavy atom. The quantitative estimate of drug-likeness (QED) is 0.692. The monoisotopic (exact) mass is 293 g/mol. The number of ether oxygens (including phenoxy) is 2. The van der Waals surface area contributed by atoms with Crippen LogP contribution in [0.2, 0.25) is 0 Å². The minimum Gasteiger partial charge on any atom is -0.462 e. The zero-order valence-electron chi connectivity index (χ0n) is 11.2. The van der Waals surface area contributed by atoms with Crippen molar-refractivity contribution in [3.63, 3.8) is 0 Å². The van der Waals surface area contributed by atoms with E-state index in [0.29, 0.717) is 0 Å². The molecule has 0 heterocycles. The van der Waals surface area contributed by atoms with Crippen LogP contribution in [0.15, 0.2) is 36.4 Å². The highest BCUT2D eigenvalue weighted by atomic mass is 19.1. The molecule has 0 unspecified atom stereocenters. The molecule has 0 aliphatic carbocycles. The van der Waals surface area contributed by atoms with Crippen LogP contribution in [-0.4, -0.2) is 12.6 Å². The molecule has 0 saturated carbocycles. The molecule has 0 aliphatic rings. The second kappa shape index (κ2) is 6.21. The van der Waals surface area contributed by atoms with Gasteiger partial charge in [-0.3, -0.25) is 0 Å². The SMILES string of the molecule is CCOC(=O)c1ccc(N)c(Oc2cc(F)ccc2F)c1. The fraction of sp³-hybridized carbons (Fsp3) is 0.133. The van der Waals surface area contributed by atoms with Gasteiger partial charge in [0, 0.05) is 6.07 Å². The number of hydrogen-bond acceptors (Lipinski definition) is 4. The topological polar surface area (TPSA) is 61.5 Å². The van der Waals surface area contributed by atoms with Crippen molar-refractivity contribution >= 4 is 11.7 Å². The summed E-state index contributed by atoms with van der Waals surface area (Å²) >= 11 is 0. The van der Waals surface area contributed by atoms with Crippen molar-refractivity contribution in [1.29, 1.82) is 0 Å². The normalized spacial score (nSPS) is 10.2. The van der Waals surface area contributed by atoms with Gasteiger partial charge in [0.15, 0.2) is 17.3 Å². The molecule has 6 heteroatoms. The minimum atomic E-state index is -0.739. The number of hydrogen-bond donors (Lipinski definition) is 1. The summed E-state index contributed by atoms with van der Waals surface area (Å²) in [5.41, 5.74) is 6.10. The van der Waals surface area contributed by atoms with Gasteiger partial charge in [-0.05, 0) is 37.3 Å². The first-order valence-electron chi connectivity index (χ1n) is 6.20. The third kappa shape index (κ3) is 3.47. The van der Waals surface area contributed by atoms with E-state index in [1.54, 1.807) is 6.92 Å². The summed E-state index contributed by atoms with van der Waals surface area (Å²) in [5.74, 6) is -2.21. The highest BCUT2D eigenvalue weighted by molar-refractivity contribution is 5.90. The van der Waals surface area contributed by atoms with E-state index in [-0.39, 0.29) is 29.4 Å². The number of benzene rings is 2. The number of carbonyl (C=O) groups excluding carboxylic acids is 1. The van der Waals surface area contributed by atoms with E-state index >= 15 is 0 Å². The molecular weight excluding hydrogens is 280 g/mol. The molecule has 0 saturated heterocycles. The summed E-state index contributed by atoms with van der Waals surface area (Å²) in [6.07, 6.45) is 0. The maximum absolute atomic E-state index is 13.5. The Bertz CT molecular complexity index is 674. The van der Waals surface area contributed by atoms with Crippen molar-refractivity contribution in [2.45, 2.75) is 6.92 Å². The molecule has 110 valence electrons. The van der Waals surface area contributed by atoms with E-state index in [1.807, 2.05) is 0 Å². The van der Waals surface area contributed by atoms with Gasteiger partial charge in [-0.2, -0.15) is 0 Å². The Balaban J connectivity index is 2.33. The first-order chi connectivity index (χ1) is 10.0. The first-order valence-corrected chi connectivity index (χ1v) is 6.20. The van der Waals surface area contributed by atoms with Crippen molar-refractivity contribution in [1.82, 2.24) is 0 Å². The summed E-state index contributed by atoms with van der Waals surface area (Å²) in [6.45, 7) is 1.90. The Kier molecular flexibility index (Phi) is 4.37. The highest BCUT2D eigenvalue weighted by Crippen LogP contribution is 2.30. The molecule has 0 amide bonds. The molecule has 0 fully saturated rings. The van der Waals surface area contributed by atoms with Gasteiger partial charge in [-0.25, -0.2) is 13.6 Å². The van der Waals surface area contributed by atoms with Crippen LogP contribution in [0.3, 0.4) is 0 Å². The van der Waals surface area contributed by atoms with Crippen molar-refractivity contribution in [3.8, 4) is 11.5 Å². The zero-order chi connectivity index (χ0) is 15.4. The van der Waals surface area contributed by atoms with Crippen LogP contribution in [0.25, 0.3) is 0 Å². The number of nitrogen functional groups attached to an aromatic ring is 1. The molecule has 0 atom stereocenters. The van der Waals surface area contributed by atoms with Gasteiger partial charge in [0.1, 0.15) is 5.82 Å². The second-order valence-corrected chi connectivity index (χ2v) is 4.15. The molecule has 0 radical (unpaired) electrons. The van der Waals surface area contributed by atoms with Gasteiger partial charge >= 0.3 is 5.97 Å². The van der Waals surface area contributed by atoms with Crippen molar-refractivity contribution in [3.05, 3.63) is 53.6 Å². The van der Waals surface area contributed by atoms with Crippen LogP contribution in [0.5, 0.6) is 11.5 Å². The minimum absolute atomic E-state index is 0.0463. The largest absolute Gasteiger partial charge is 0.462 e. The fourth-order valence-corrected chi connectivity index (χ4v) is 1.64. The van der Waals surface area contributed by atoms with E-state index in [2.05, 4.69) is 0 Å². The molecule has 2 N–H and O–H groups in total. The zero-order valence-corrected chi connectivity index (χ0v) is 11.2. The van der Waals surface area contributed by atoms with Gasteiger partial charge in [0.2, 0.25) is 0 Å². The third-order valence-corrected chi connectivity index (χ3v) is 2.64. The number of nitrogens with two attached hydrogens (primary N) is 1. The van der Waals surface area contributed by atoms with E-state index in [9.17, 15) is 13.6 Å². The van der Waals surface area contributed by atoms with Crippen LogP contribution in [0.1, 0.15) is 17.3 Å². The Labute approximate surface area is 120 Å². The maximum Gasteiger partial charge on any atom is 0.338 e. The Morgan fingerprint density at radius 1 is 1.14 bits per heavy atom. The summed E-state index contributed by atoms with van der Waals surface area (Å²) in [7, 11) is 0. The van der Waals surface area contributed by atoms with Crippen LogP contribution >= 0.6 is 0 Å². The lowest BCUT2D eigenvalue weighted by molar-refractivity contribution is 0.0526. The van der Waals surface area contributed by atoms with Crippen molar-refractivity contribution in [2.75, 3.05) is 12.3 Å². The number of anilines is 1. The van der Waals surface area contributed by atoms with Gasteiger partial charge in [-0.15, -0.1) is 0 Å². The molecule has 0 aliphatic heterocycles. The molecule has 2 aromatic carbocycles. The predicted molar refractivity (Wildman–Crippen MR) is 73.2 cm³/mol. The van der Waals surface area contributed by atoms with Gasteiger partial charge < -0.3 is 15.2 Å². The van der Waals surface area contributed by atoms with E-state index in [1.165, 1.54) is 18.2 Å². The maximum atomic E-state index is 13.5. The van der Waals surface area contributed by atoms with E-state index in [0.717, 1.165) is 18.2 Å². The van der Waals surface area contributed by atoms with Crippen molar-refractivity contribution in [2.24, 2.45) is 0 Å². The number of carbonyl (C=O) groups is 1. The average Bonchev–Trinajstić information content (AvgIpc) is 2.45. The Hall–Kier alpha value is -2.63. The summed E-state index contributed by atoms with van der Waals surface area (Å²) in [6, 6.07) is 7.01. The molecule has 2 aromatic rings. The van der Waals surface area contributed by atoms with Gasteiger partial charge in [0.05, 0.1) is 17.9 Å². The predicted octanol–water partition coefficient (Wildman–Crippen LogP) is 3.52. The first kappa shape index (κ1) is 14.8. The molecular formula is C15H13F2NO3. The fourth-order valence-electron chi connectivity index (χ4n) is 1.64. The Morgan fingerprint density at radius 2 is 1.90 bits per heavy atom. The number of rotatable bonds is 4. The molecule has 2 rings (SSSR count). The summed E-state index contributed by atoms with van der Waals surface area (Å²) < 4.78 is 36.7. The van der Waals surface area contributed by atoms with Crippen LogP contribution in [-0.2, 0) is 4.74 Å². The van der Waals surface area contributed by atoms with E-state index < -0.39 is 17.6 Å². The molecule has 21 heavy (non-hydrogen) atoms. The van der Waals surface area contributed by atoms with Gasteiger partial charge in [-0.1, -0.05) is 0 Å². The lowest BCUT2D eigenvalue weighted by Gasteiger charge is -2.11. The standard InChI is InChI=1S/C15H13F2NO3/c1-2-20-15(19)9-3-6-12(18)14(7-9)21-13-8-10(16)4-5-11(13)17/h3-8H,2,18H2,1H3. The third-order valence-electron chi connectivity index (χ3n) is 2.64.